The minimum Gasteiger partial charge on any atom is -0.323 e. The largest absolute Gasteiger partial charge is 0.323 e. The van der Waals surface area contributed by atoms with Gasteiger partial charge >= 0.3 is 36.2 Å². The van der Waals surface area contributed by atoms with E-state index in [-0.39, 0.29) is 150 Å². The highest BCUT2D eigenvalue weighted by molar-refractivity contribution is 5.92. The zero-order chi connectivity index (χ0) is 87.4. The van der Waals surface area contributed by atoms with Crippen molar-refractivity contribution in [2.45, 2.75) is 257 Å². The summed E-state index contributed by atoms with van der Waals surface area (Å²) < 4.78 is 1.84. The summed E-state index contributed by atoms with van der Waals surface area (Å²) in [6.45, 7) is 13.0. The highest BCUT2D eigenvalue weighted by Crippen LogP contribution is 2.35. The van der Waals surface area contributed by atoms with Crippen molar-refractivity contribution in [3.63, 3.8) is 0 Å². The summed E-state index contributed by atoms with van der Waals surface area (Å²) in [5.41, 5.74) is 17.4. The number of aryl methyl sites for hydroxylation is 1. The van der Waals surface area contributed by atoms with Gasteiger partial charge < -0.3 is 90.7 Å². The van der Waals surface area contributed by atoms with E-state index in [4.69, 9.17) is 29.0 Å². The van der Waals surface area contributed by atoms with Crippen LogP contribution in [-0.2, 0) is 71.4 Å². The number of hydroxylamine groups is 6. The predicted molar refractivity (Wildman–Crippen MR) is 443 cm³/mol. The van der Waals surface area contributed by atoms with Gasteiger partial charge in [-0.3, -0.25) is 62.5 Å². The molecule has 2 unspecified atom stereocenters. The average Bonchev–Trinajstić information content (AvgIpc) is 1.66. The van der Waals surface area contributed by atoms with Crippen molar-refractivity contribution < 1.29 is 86.6 Å². The molecule has 18 atom stereocenters. The maximum absolute atomic E-state index is 12.4. The minimum atomic E-state index is -0.441. The molecule has 19 heterocycles. The lowest BCUT2D eigenvalue weighted by Crippen LogP contribution is -2.50. The number of piperidine rings is 7. The molecule has 0 aromatic carbocycles. The fourth-order valence-electron chi connectivity index (χ4n) is 20.1. The van der Waals surface area contributed by atoms with Crippen LogP contribution >= 0.6 is 0 Å². The first-order valence-corrected chi connectivity index (χ1v) is 45.0. The lowest BCUT2D eigenvalue weighted by Gasteiger charge is -2.29. The fourth-order valence-corrected chi connectivity index (χ4v) is 20.1. The number of amides is 18. The van der Waals surface area contributed by atoms with E-state index in [1.165, 1.54) is 32.1 Å². The molecule has 0 spiro atoms. The average molecular weight is 1750 g/mol. The smallest absolute Gasteiger partial charge is 0.320 e. The van der Waals surface area contributed by atoms with E-state index < -0.39 is 18.1 Å². The van der Waals surface area contributed by atoms with Gasteiger partial charge in [-0.25, -0.2) is 61.6 Å². The molecule has 18 aliphatic heterocycles. The predicted octanol–water partition coefficient (Wildman–Crippen LogP) is -2.07. The first-order chi connectivity index (χ1) is 59.9. The van der Waals surface area contributed by atoms with Crippen LogP contribution in [0.3, 0.4) is 0 Å². The molecule has 124 heavy (non-hydrogen) atoms. The highest BCUT2D eigenvalue weighted by Gasteiger charge is 2.52. The maximum atomic E-state index is 12.4. The molecule has 17 fully saturated rings. The van der Waals surface area contributed by atoms with E-state index >= 15 is 0 Å². The zero-order valence-electron chi connectivity index (χ0n) is 72.9. The van der Waals surface area contributed by atoms with E-state index in [0.717, 1.165) is 141 Å². The molecule has 18 aliphatic rings. The van der Waals surface area contributed by atoms with E-state index in [0.29, 0.717) is 110 Å². The van der Waals surface area contributed by atoms with Crippen molar-refractivity contribution in [2.24, 2.45) is 7.05 Å². The number of urea groups is 6. The Bertz CT molecular complexity index is 3730. The molecule has 44 heteroatoms. The Balaban J connectivity index is 0.000000121. The highest BCUT2D eigenvalue weighted by atomic mass is 16.7. The van der Waals surface area contributed by atoms with Crippen LogP contribution in [0.2, 0.25) is 0 Å². The number of nitrogens with one attached hydrogen (secondary N) is 12. The van der Waals surface area contributed by atoms with E-state index in [2.05, 4.69) is 69.9 Å². The molecule has 0 saturated carbocycles. The Kier molecular flexibility index (Phi) is 31.1. The van der Waals surface area contributed by atoms with Crippen LogP contribution < -0.4 is 64.8 Å². The van der Waals surface area contributed by atoms with Crippen LogP contribution in [0.15, 0.2) is 6.20 Å². The zero-order valence-corrected chi connectivity index (χ0v) is 72.9. The standard InChI is InChI=1S/C15H22N6O3.C15H26N4O3.C14H24N4O3.3C12H20N4O3/c1-19-9-3-4-12(21(7-9)15(19)23)14(22)18-24-8-11-10-5-17-20(2)13(10)6-16-11;1-18-12-6-7-13(19(9-12)15(18)21)14(20)17-22-10-11-5-3-2-4-8-16-11;1-17-11-5-6-12(18(8-11)14(17)20)13(19)16-21-9-10-4-2-3-7-15-10;3*1-15-8-2-3-10(16(7-8)12(15)18)11(17)14-19-9-4-5-13-6-9/h5,9,11-12,16H,3-4,6-8H2,1-2H3,(H,18,22);11-13,16H,2-10H2,1H3,(H,17,20);10-12,15H,2-9H2,1H3,(H,16,19);3*8-10,13H,2-7H2,1H3,(H,14,17)/t9-,11-,12+;11?,12-,13+;10-,11-,12+;8-,9?,10+;8-,9+,10+;8-,9-,10+/m111111/s1. The minimum absolute atomic E-state index is 0.0179. The molecule has 1 aromatic heterocycles. The second-order valence-electron chi connectivity index (χ2n) is 35.9. The molecule has 690 valence electrons. The molecular weight excluding hydrogens is 1610 g/mol. The van der Waals surface area contributed by atoms with Crippen LogP contribution in [0, 0.1) is 0 Å². The second kappa shape index (κ2) is 42.2. The molecule has 1 aromatic rings. The summed E-state index contributed by atoms with van der Waals surface area (Å²) in [6, 6.07) is -0.542. The summed E-state index contributed by atoms with van der Waals surface area (Å²) in [4.78, 5) is 198. The Morgan fingerprint density at radius 1 is 0.339 bits per heavy atom. The Morgan fingerprint density at radius 2 is 0.621 bits per heavy atom. The Hall–Kier alpha value is -8.83. The van der Waals surface area contributed by atoms with E-state index in [1.54, 1.807) is 94.0 Å². The normalized spacial score (nSPS) is 32.3. The lowest BCUT2D eigenvalue weighted by atomic mass is 10.0. The molecular formula is C80H132N26O18. The first kappa shape index (κ1) is 91.4. The monoisotopic (exact) mass is 1750 g/mol. The number of likely N-dealkylation sites (N-methyl/N-ethyl adjacent to an activating group) is 6. The number of hydrogen-bond acceptors (Lipinski definition) is 25. The van der Waals surface area contributed by atoms with Crippen LogP contribution in [0.5, 0.6) is 0 Å². The van der Waals surface area contributed by atoms with Crippen molar-refractivity contribution in [2.75, 3.05) is 154 Å². The number of aromatic nitrogens is 2. The summed E-state index contributed by atoms with van der Waals surface area (Å²) in [7, 11) is 12.7. The van der Waals surface area contributed by atoms with E-state index in [1.807, 2.05) is 25.0 Å². The van der Waals surface area contributed by atoms with Gasteiger partial charge in [-0.05, 0) is 155 Å². The molecule has 12 N–H and O–H groups in total. The van der Waals surface area contributed by atoms with Gasteiger partial charge in [0.05, 0.1) is 92.3 Å². The van der Waals surface area contributed by atoms with Gasteiger partial charge in [0.1, 0.15) is 36.3 Å². The van der Waals surface area contributed by atoms with Crippen molar-refractivity contribution in [1.29, 1.82) is 0 Å². The van der Waals surface area contributed by atoms with Crippen LogP contribution in [0.4, 0.5) is 28.8 Å². The van der Waals surface area contributed by atoms with Crippen molar-refractivity contribution >= 4 is 71.6 Å². The molecule has 17 saturated heterocycles. The van der Waals surface area contributed by atoms with Crippen molar-refractivity contribution in [1.82, 2.24) is 133 Å². The van der Waals surface area contributed by atoms with Crippen molar-refractivity contribution in [3.05, 3.63) is 17.5 Å². The fraction of sp³-hybridized carbons (Fsp3) is 0.812. The van der Waals surface area contributed by atoms with Crippen LogP contribution in [0.25, 0.3) is 0 Å². The summed E-state index contributed by atoms with van der Waals surface area (Å²) in [5.74, 6) is -1.25. The van der Waals surface area contributed by atoms with Gasteiger partial charge in [0.15, 0.2) is 0 Å². The number of carbonyl (C=O) groups excluding carboxylic acids is 12. The molecule has 18 amide bonds. The number of fused-ring (bicyclic) bond motifs is 13. The van der Waals surface area contributed by atoms with Crippen molar-refractivity contribution in [3.8, 4) is 0 Å². The molecule has 44 nitrogen and oxygen atoms in total. The summed E-state index contributed by atoms with van der Waals surface area (Å²) in [6.07, 6.45) is 22.3. The number of hydrogen-bond donors (Lipinski definition) is 12. The summed E-state index contributed by atoms with van der Waals surface area (Å²) >= 11 is 0. The SMILES string of the molecule is CN1C(=O)N2C[C@H]1CC[C@H]2C(=O)NOC1CCNC1.CN1C(=O)N2C[C@H]1CC[C@H]2C(=O)NOCC1CCCCCN1.CN1C(=O)N2C[C@H]1CC[C@H]2C(=O)NOC[C@H]1CCCCN1.CN1C(=O)N2C[C@H]1CC[C@H]2C(=O)NOC[C@H]1NCc2c1cnn2C.CN1C(=O)N2C[C@H]1CC[C@H]2C(=O)NO[C@@H]1CCNC1.CN1C(=O)N2C[C@H]1CC[C@H]2C(=O)NO[C@H]1CCNC1. The van der Waals surface area contributed by atoms with Crippen LogP contribution in [-0.4, -0.2) is 397 Å². The van der Waals surface area contributed by atoms with Gasteiger partial charge in [-0.2, -0.15) is 5.10 Å². The van der Waals surface area contributed by atoms with Gasteiger partial charge in [0.2, 0.25) is 0 Å². The maximum Gasteiger partial charge on any atom is 0.320 e. The molecule has 19 rings (SSSR count). The molecule has 12 bridgehead atoms. The third kappa shape index (κ3) is 21.4. The second-order valence-corrected chi connectivity index (χ2v) is 35.9. The van der Waals surface area contributed by atoms with Gasteiger partial charge in [0, 0.05) is 132 Å². The Morgan fingerprint density at radius 3 is 0.919 bits per heavy atom. The number of carbonyl (C=O) groups is 12. The molecule has 0 aliphatic carbocycles. The third-order valence-corrected chi connectivity index (χ3v) is 28.1. The number of rotatable bonds is 21. The van der Waals surface area contributed by atoms with Gasteiger partial charge in [-0.15, -0.1) is 0 Å². The number of nitrogens with zero attached hydrogens (tertiary/aromatic N) is 14. The van der Waals surface area contributed by atoms with Gasteiger partial charge in [0.25, 0.3) is 35.4 Å². The topological polar surface area (TPSA) is 461 Å². The lowest BCUT2D eigenvalue weighted by molar-refractivity contribution is -0.143. The summed E-state index contributed by atoms with van der Waals surface area (Å²) in [5, 5.41) is 23.9. The van der Waals surface area contributed by atoms with Crippen LogP contribution in [0.1, 0.15) is 159 Å². The third-order valence-electron chi connectivity index (χ3n) is 28.1. The van der Waals surface area contributed by atoms with E-state index in [9.17, 15) is 57.5 Å². The Labute approximate surface area is 723 Å². The van der Waals surface area contributed by atoms with Gasteiger partial charge in [-0.1, -0.05) is 19.3 Å². The quantitative estimate of drug-likeness (QED) is 0.0589. The molecule has 0 radical (unpaired) electrons. The first-order valence-electron chi connectivity index (χ1n) is 45.0.